The zero-order valence-corrected chi connectivity index (χ0v) is 12.6. The average molecular weight is 324 g/mol. The van der Waals surface area contributed by atoms with Crippen molar-refractivity contribution >= 4 is 27.3 Å². The number of nitrogens with one attached hydrogen (secondary N) is 2. The molecule has 1 saturated heterocycles. The average Bonchev–Trinajstić information content (AvgIpc) is 2.78. The second-order valence-electron chi connectivity index (χ2n) is 5.46. The second-order valence-corrected chi connectivity index (χ2v) is 7.69. The van der Waals surface area contributed by atoms with E-state index >= 15 is 0 Å². The van der Waals surface area contributed by atoms with Crippen molar-refractivity contribution in [1.82, 2.24) is 5.32 Å². The smallest absolute Gasteiger partial charge is 0.266 e. The molecule has 3 rings (SSSR count). The molecule has 118 valence electrons. The van der Waals surface area contributed by atoms with Crippen LogP contribution in [0.15, 0.2) is 24.3 Å². The Morgan fingerprint density at radius 1 is 1.36 bits per heavy atom. The highest BCUT2D eigenvalue weighted by atomic mass is 32.2. The third-order valence-electron chi connectivity index (χ3n) is 3.67. The van der Waals surface area contributed by atoms with Gasteiger partial charge in [-0.05, 0) is 18.6 Å². The molecule has 0 aliphatic carbocycles. The topological polar surface area (TPSA) is 102 Å². The maximum absolute atomic E-state index is 12.0. The summed E-state index contributed by atoms with van der Waals surface area (Å²) in [5, 5.41) is 5.33. The standard InChI is InChI=1S/C14H16N2O5S/c17-13(15-9-5-6-22(19,20)8-9)7-12-14(18)16-10-3-1-2-4-11(10)21-12/h1-4,9,12H,5-8H2,(H,15,17)(H,16,18). The van der Waals surface area contributed by atoms with E-state index in [1.807, 2.05) is 0 Å². The summed E-state index contributed by atoms with van der Waals surface area (Å²) in [6, 6.07) is 6.60. The molecule has 2 amide bonds. The van der Waals surface area contributed by atoms with Crippen molar-refractivity contribution < 1.29 is 22.7 Å². The molecule has 1 aromatic rings. The van der Waals surface area contributed by atoms with Gasteiger partial charge in [0.1, 0.15) is 5.75 Å². The van der Waals surface area contributed by atoms with Crippen LogP contribution in [0.4, 0.5) is 5.69 Å². The van der Waals surface area contributed by atoms with E-state index in [2.05, 4.69) is 10.6 Å². The van der Waals surface area contributed by atoms with Crippen molar-refractivity contribution in [3.05, 3.63) is 24.3 Å². The van der Waals surface area contributed by atoms with Crippen LogP contribution in [0.25, 0.3) is 0 Å². The van der Waals surface area contributed by atoms with E-state index in [4.69, 9.17) is 4.74 Å². The molecule has 0 aromatic heterocycles. The second kappa shape index (κ2) is 5.60. The Morgan fingerprint density at radius 2 is 2.14 bits per heavy atom. The number of hydrogen-bond acceptors (Lipinski definition) is 5. The molecule has 22 heavy (non-hydrogen) atoms. The van der Waals surface area contributed by atoms with Crippen molar-refractivity contribution in [2.24, 2.45) is 0 Å². The molecule has 1 fully saturated rings. The summed E-state index contributed by atoms with van der Waals surface area (Å²) < 4.78 is 28.3. The maximum Gasteiger partial charge on any atom is 0.266 e. The van der Waals surface area contributed by atoms with Crippen molar-refractivity contribution in [1.29, 1.82) is 0 Å². The lowest BCUT2D eigenvalue weighted by Gasteiger charge is -2.25. The van der Waals surface area contributed by atoms with Crippen LogP contribution in [0.2, 0.25) is 0 Å². The van der Waals surface area contributed by atoms with Gasteiger partial charge in [-0.3, -0.25) is 9.59 Å². The number of carbonyl (C=O) groups excluding carboxylic acids is 2. The molecular formula is C14H16N2O5S. The zero-order valence-electron chi connectivity index (χ0n) is 11.7. The predicted octanol–water partition coefficient (Wildman–Crippen LogP) is 0.0795. The molecule has 1 aromatic carbocycles. The van der Waals surface area contributed by atoms with E-state index in [0.29, 0.717) is 17.9 Å². The molecule has 0 spiro atoms. The van der Waals surface area contributed by atoms with Crippen LogP contribution in [-0.4, -0.2) is 43.9 Å². The minimum atomic E-state index is -3.05. The van der Waals surface area contributed by atoms with Crippen molar-refractivity contribution in [2.75, 3.05) is 16.8 Å². The fourth-order valence-corrected chi connectivity index (χ4v) is 4.26. The van der Waals surface area contributed by atoms with Gasteiger partial charge < -0.3 is 15.4 Å². The number of rotatable bonds is 3. The van der Waals surface area contributed by atoms with E-state index in [0.717, 1.165) is 0 Å². The Kier molecular flexibility index (Phi) is 3.78. The normalized spacial score (nSPS) is 25.7. The first-order valence-electron chi connectivity index (χ1n) is 6.99. The van der Waals surface area contributed by atoms with Crippen molar-refractivity contribution in [3.63, 3.8) is 0 Å². The molecule has 8 heteroatoms. The van der Waals surface area contributed by atoms with Crippen LogP contribution in [-0.2, 0) is 19.4 Å². The minimum absolute atomic E-state index is 0.0424. The number of benzene rings is 1. The van der Waals surface area contributed by atoms with Gasteiger partial charge in [0.25, 0.3) is 5.91 Å². The third kappa shape index (κ3) is 3.22. The lowest BCUT2D eigenvalue weighted by atomic mass is 10.1. The van der Waals surface area contributed by atoms with Gasteiger partial charge in [0.2, 0.25) is 5.91 Å². The number of hydrogen-bond donors (Lipinski definition) is 2. The number of fused-ring (bicyclic) bond motifs is 1. The van der Waals surface area contributed by atoms with Crippen LogP contribution in [0, 0.1) is 0 Å². The SMILES string of the molecule is O=C(CC1Oc2ccccc2NC1=O)NC1CCS(=O)(=O)C1. The number of sulfone groups is 1. The van der Waals surface area contributed by atoms with E-state index in [1.165, 1.54) is 0 Å². The van der Waals surface area contributed by atoms with Gasteiger partial charge in [0.15, 0.2) is 15.9 Å². The summed E-state index contributed by atoms with van der Waals surface area (Å²) in [6.07, 6.45) is -0.640. The molecule has 2 unspecified atom stereocenters. The molecule has 2 N–H and O–H groups in total. The summed E-state index contributed by atoms with van der Waals surface area (Å²) >= 11 is 0. The third-order valence-corrected chi connectivity index (χ3v) is 5.44. The molecule has 0 bridgehead atoms. The fourth-order valence-electron chi connectivity index (χ4n) is 2.59. The van der Waals surface area contributed by atoms with Crippen molar-refractivity contribution in [3.8, 4) is 5.75 Å². The van der Waals surface area contributed by atoms with Crippen LogP contribution >= 0.6 is 0 Å². The van der Waals surface area contributed by atoms with Gasteiger partial charge in [-0.1, -0.05) is 12.1 Å². The van der Waals surface area contributed by atoms with Crippen LogP contribution < -0.4 is 15.4 Å². The first-order chi connectivity index (χ1) is 10.4. The van der Waals surface area contributed by atoms with Crippen LogP contribution in [0.5, 0.6) is 5.75 Å². The summed E-state index contributed by atoms with van der Waals surface area (Å²) in [5.41, 5.74) is 0.575. The van der Waals surface area contributed by atoms with Gasteiger partial charge in [-0.25, -0.2) is 8.42 Å². The molecule has 2 heterocycles. The van der Waals surface area contributed by atoms with Gasteiger partial charge in [0.05, 0.1) is 23.6 Å². The minimum Gasteiger partial charge on any atom is -0.478 e. The maximum atomic E-state index is 12.0. The van der Waals surface area contributed by atoms with Gasteiger partial charge >= 0.3 is 0 Å². The van der Waals surface area contributed by atoms with E-state index < -0.39 is 15.9 Å². The highest BCUT2D eigenvalue weighted by Crippen LogP contribution is 2.29. The van der Waals surface area contributed by atoms with Gasteiger partial charge in [-0.15, -0.1) is 0 Å². The van der Waals surface area contributed by atoms with Crippen molar-refractivity contribution in [2.45, 2.75) is 25.0 Å². The lowest BCUT2D eigenvalue weighted by Crippen LogP contribution is -2.43. The molecule has 2 aliphatic rings. The van der Waals surface area contributed by atoms with Crippen LogP contribution in [0.1, 0.15) is 12.8 Å². The van der Waals surface area contributed by atoms with Gasteiger partial charge in [0, 0.05) is 6.04 Å². The summed E-state index contributed by atoms with van der Waals surface area (Å²) in [7, 11) is -3.05. The highest BCUT2D eigenvalue weighted by molar-refractivity contribution is 7.91. The molecule has 0 saturated carbocycles. The Balaban J connectivity index is 1.59. The van der Waals surface area contributed by atoms with E-state index in [9.17, 15) is 18.0 Å². The first-order valence-corrected chi connectivity index (χ1v) is 8.81. The largest absolute Gasteiger partial charge is 0.478 e. The lowest BCUT2D eigenvalue weighted by molar-refractivity contribution is -0.130. The van der Waals surface area contributed by atoms with Crippen LogP contribution in [0.3, 0.4) is 0 Å². The van der Waals surface area contributed by atoms with E-state index in [1.54, 1.807) is 24.3 Å². The number of para-hydroxylation sites is 2. The Morgan fingerprint density at radius 3 is 2.86 bits per heavy atom. The summed E-state index contributed by atoms with van der Waals surface area (Å²) in [5.74, 6) is -0.205. The number of amides is 2. The number of anilines is 1. The van der Waals surface area contributed by atoms with E-state index in [-0.39, 0.29) is 35.8 Å². The Labute approximate surface area is 128 Å². The molecular weight excluding hydrogens is 308 g/mol. The molecule has 2 aliphatic heterocycles. The Bertz CT molecular complexity index is 716. The first kappa shape index (κ1) is 14.8. The number of ether oxygens (including phenoxy) is 1. The summed E-state index contributed by atoms with van der Waals surface area (Å²) in [6.45, 7) is 0. The predicted molar refractivity (Wildman–Crippen MR) is 79.3 cm³/mol. The molecule has 7 nitrogen and oxygen atoms in total. The highest BCUT2D eigenvalue weighted by Gasteiger charge is 2.32. The summed E-state index contributed by atoms with van der Waals surface area (Å²) in [4.78, 5) is 23.9. The molecule has 0 radical (unpaired) electrons. The number of carbonyl (C=O) groups is 2. The fraction of sp³-hybridized carbons (Fsp3) is 0.429. The monoisotopic (exact) mass is 324 g/mol. The zero-order chi connectivity index (χ0) is 15.7. The Hall–Kier alpha value is -2.09. The molecule has 2 atom stereocenters. The van der Waals surface area contributed by atoms with Gasteiger partial charge in [-0.2, -0.15) is 0 Å². The quantitative estimate of drug-likeness (QED) is 0.820.